The second-order valence-corrected chi connectivity index (χ2v) is 21.2. The maximum absolute atomic E-state index is 7.13. The second kappa shape index (κ2) is 17.4. The molecule has 13 aromatic rings. The van der Waals surface area contributed by atoms with Gasteiger partial charge in [-0.05, 0) is 178 Å². The van der Waals surface area contributed by atoms with Gasteiger partial charge in [0.1, 0.15) is 22.3 Å². The Hall–Kier alpha value is -8.86. The predicted molar refractivity (Wildman–Crippen MR) is 314 cm³/mol. The first-order valence-electron chi connectivity index (χ1n) is 25.7. The van der Waals surface area contributed by atoms with Crippen LogP contribution in [0.1, 0.15) is 48.6 Å². The summed E-state index contributed by atoms with van der Waals surface area (Å²) in [6, 6.07) is 77.0. The lowest BCUT2D eigenvalue weighted by molar-refractivity contribution is 0.577. The van der Waals surface area contributed by atoms with Gasteiger partial charge in [0.05, 0.1) is 11.4 Å². The number of nitrogens with zero attached hydrogens (tertiary/aromatic N) is 2. The zero-order valence-electron chi connectivity index (χ0n) is 42.9. The summed E-state index contributed by atoms with van der Waals surface area (Å²) in [6.45, 7) is 15.7. The molecule has 13 rings (SSSR count). The Morgan fingerprint density at radius 3 is 1.24 bits per heavy atom. The van der Waals surface area contributed by atoms with Gasteiger partial charge in [0.25, 0.3) is 0 Å². The molecule has 2 heterocycles. The molecule has 0 fully saturated rings. The lowest BCUT2D eigenvalue weighted by Gasteiger charge is -2.29. The molecule has 0 aliphatic carbocycles. The van der Waals surface area contributed by atoms with Crippen molar-refractivity contribution in [3.63, 3.8) is 0 Å². The van der Waals surface area contributed by atoms with Crippen LogP contribution in [0.4, 0.5) is 34.1 Å². The first-order valence-corrected chi connectivity index (χ1v) is 25.7. The summed E-state index contributed by atoms with van der Waals surface area (Å²) in [5, 5.41) is 8.86. The molecule has 11 aromatic carbocycles. The predicted octanol–water partition coefficient (Wildman–Crippen LogP) is 20.6. The van der Waals surface area contributed by atoms with E-state index >= 15 is 0 Å². The molecule has 0 saturated heterocycles. The van der Waals surface area contributed by atoms with Gasteiger partial charge in [0.15, 0.2) is 0 Å². The summed E-state index contributed by atoms with van der Waals surface area (Å²) < 4.78 is 14.1. The summed E-state index contributed by atoms with van der Waals surface area (Å²) >= 11 is 0. The van der Waals surface area contributed by atoms with Crippen LogP contribution in [-0.4, -0.2) is 0 Å². The van der Waals surface area contributed by atoms with Crippen LogP contribution in [0.5, 0.6) is 0 Å². The number of fused-ring (bicyclic) bond motifs is 8. The summed E-state index contributed by atoms with van der Waals surface area (Å²) in [6.07, 6.45) is 0. The van der Waals surface area contributed by atoms with Crippen molar-refractivity contribution < 1.29 is 8.83 Å². The average Bonchev–Trinajstić information content (AvgIpc) is 3.95. The fraction of sp³-hybridized carbons (Fsp3) is 0.114. The van der Waals surface area contributed by atoms with Crippen molar-refractivity contribution in [1.29, 1.82) is 0 Å². The van der Waals surface area contributed by atoms with Gasteiger partial charge in [-0.15, -0.1) is 0 Å². The molecule has 358 valence electrons. The number of para-hydroxylation sites is 2. The van der Waals surface area contributed by atoms with Crippen molar-refractivity contribution in [3.05, 3.63) is 240 Å². The molecular weight excluding hydrogens is 901 g/mol. The highest BCUT2D eigenvalue weighted by molar-refractivity contribution is 6.20. The first kappa shape index (κ1) is 45.0. The number of hydrogen-bond acceptors (Lipinski definition) is 4. The van der Waals surface area contributed by atoms with E-state index < -0.39 is 0 Å². The van der Waals surface area contributed by atoms with Crippen LogP contribution < -0.4 is 9.80 Å². The van der Waals surface area contributed by atoms with Crippen molar-refractivity contribution in [2.24, 2.45) is 0 Å². The Morgan fingerprint density at radius 1 is 0.324 bits per heavy atom. The normalized spacial score (nSPS) is 12.0. The zero-order chi connectivity index (χ0) is 50.4. The third-order valence-electron chi connectivity index (χ3n) is 15.1. The van der Waals surface area contributed by atoms with Crippen LogP contribution >= 0.6 is 0 Å². The van der Waals surface area contributed by atoms with E-state index in [4.69, 9.17) is 8.83 Å². The molecule has 0 radical (unpaired) electrons. The summed E-state index contributed by atoms with van der Waals surface area (Å²) in [4.78, 5) is 4.82. The molecule has 0 bridgehead atoms. The molecule has 0 amide bonds. The molecule has 0 aliphatic rings. The molecule has 4 heteroatoms. The molecule has 0 unspecified atom stereocenters. The van der Waals surface area contributed by atoms with E-state index in [1.165, 1.54) is 55.9 Å². The van der Waals surface area contributed by atoms with E-state index in [-0.39, 0.29) is 5.41 Å². The van der Waals surface area contributed by atoms with Gasteiger partial charge in [0.2, 0.25) is 0 Å². The van der Waals surface area contributed by atoms with E-state index in [2.05, 4.69) is 271 Å². The monoisotopic (exact) mass is 956 g/mol. The molecule has 2 aromatic heterocycles. The number of aryl methyl sites for hydroxylation is 4. The molecule has 0 aliphatic heterocycles. The highest BCUT2D eigenvalue weighted by Gasteiger charge is 2.29. The van der Waals surface area contributed by atoms with E-state index in [0.717, 1.165) is 93.7 Å². The minimum Gasteiger partial charge on any atom is -0.456 e. The Bertz CT molecular complexity index is 4150. The Labute approximate surface area is 432 Å². The SMILES string of the molecule is Cc1cccc(C)c1N(c1cccc(-c2ccccc2)c1)c1ccc2cc3c(cc2c1)oc1c(C(C)(C)C)c2c(cc13)oc1cc3cc(N(c4cccc(-c5ccccc5)c4)c4c(C)cccc4C)ccc3cc12. The molecule has 0 atom stereocenters. The molecule has 0 spiro atoms. The van der Waals surface area contributed by atoms with Crippen LogP contribution in [0, 0.1) is 27.7 Å². The molecule has 4 nitrogen and oxygen atoms in total. The van der Waals surface area contributed by atoms with E-state index in [1.807, 2.05) is 0 Å². The number of hydrogen-bond donors (Lipinski definition) is 0. The van der Waals surface area contributed by atoms with E-state index in [1.54, 1.807) is 0 Å². The smallest absolute Gasteiger partial charge is 0.140 e. The Kier molecular flexibility index (Phi) is 10.6. The molecular formula is C70H56N2O2. The quantitative estimate of drug-likeness (QED) is 0.152. The van der Waals surface area contributed by atoms with Crippen molar-refractivity contribution in [1.82, 2.24) is 0 Å². The minimum absolute atomic E-state index is 0.270. The van der Waals surface area contributed by atoms with Gasteiger partial charge in [-0.25, -0.2) is 0 Å². The van der Waals surface area contributed by atoms with E-state index in [0.29, 0.717) is 0 Å². The highest BCUT2D eigenvalue weighted by Crippen LogP contribution is 2.48. The fourth-order valence-corrected chi connectivity index (χ4v) is 11.7. The third kappa shape index (κ3) is 7.60. The van der Waals surface area contributed by atoms with Crippen LogP contribution in [0.25, 0.3) is 87.7 Å². The van der Waals surface area contributed by atoms with Gasteiger partial charge < -0.3 is 18.6 Å². The van der Waals surface area contributed by atoms with Crippen LogP contribution in [0.2, 0.25) is 0 Å². The summed E-state index contributed by atoms with van der Waals surface area (Å²) in [7, 11) is 0. The molecule has 0 N–H and O–H groups in total. The number of furan rings is 2. The van der Waals surface area contributed by atoms with Gasteiger partial charge in [-0.2, -0.15) is 0 Å². The van der Waals surface area contributed by atoms with Crippen LogP contribution in [0.15, 0.2) is 221 Å². The standard InChI is InChI=1S/C70H56N2O2/c1-43-18-14-19-44(2)67(43)71(55-28-16-26-49(34-55)47-22-10-8-11-23-47)57-32-30-51-38-59-60-42-64-65(66(70(5,6)7)69(60)74-62(59)40-53(51)36-57)61-39-52-31-33-58(37-54(52)41-63(61)73-64)72(68-45(3)20-15-21-46(68)4)56-29-17-27-50(35-56)48-24-12-9-13-25-48/h8-42H,1-7H3. The number of rotatable bonds is 8. The topological polar surface area (TPSA) is 32.8 Å². The summed E-state index contributed by atoms with van der Waals surface area (Å²) in [5.41, 5.74) is 20.7. The Morgan fingerprint density at radius 2 is 0.757 bits per heavy atom. The number of anilines is 6. The largest absolute Gasteiger partial charge is 0.456 e. The van der Waals surface area contributed by atoms with Crippen molar-refractivity contribution >= 4 is 99.5 Å². The maximum atomic E-state index is 7.13. The Balaban J connectivity index is 0.946. The highest BCUT2D eigenvalue weighted by atomic mass is 16.3. The zero-order valence-corrected chi connectivity index (χ0v) is 42.9. The molecule has 74 heavy (non-hydrogen) atoms. The third-order valence-corrected chi connectivity index (χ3v) is 15.1. The van der Waals surface area contributed by atoms with Crippen molar-refractivity contribution in [3.8, 4) is 22.3 Å². The maximum Gasteiger partial charge on any atom is 0.140 e. The number of benzene rings is 11. The summed E-state index contributed by atoms with van der Waals surface area (Å²) in [5.74, 6) is 0. The van der Waals surface area contributed by atoms with Crippen LogP contribution in [-0.2, 0) is 5.41 Å². The first-order chi connectivity index (χ1) is 35.9. The van der Waals surface area contributed by atoms with E-state index in [9.17, 15) is 0 Å². The van der Waals surface area contributed by atoms with Crippen molar-refractivity contribution in [2.75, 3.05) is 9.80 Å². The fourth-order valence-electron chi connectivity index (χ4n) is 11.7. The van der Waals surface area contributed by atoms with Crippen LogP contribution in [0.3, 0.4) is 0 Å². The minimum atomic E-state index is -0.270. The second-order valence-electron chi connectivity index (χ2n) is 21.2. The van der Waals surface area contributed by atoms with Gasteiger partial charge >= 0.3 is 0 Å². The van der Waals surface area contributed by atoms with Gasteiger partial charge in [0, 0.05) is 49.9 Å². The van der Waals surface area contributed by atoms with Gasteiger partial charge in [-0.3, -0.25) is 0 Å². The lowest BCUT2D eigenvalue weighted by Crippen LogP contribution is -2.13. The average molecular weight is 957 g/mol. The van der Waals surface area contributed by atoms with Gasteiger partial charge in [-0.1, -0.05) is 154 Å². The lowest BCUT2D eigenvalue weighted by atomic mass is 9.82. The molecule has 0 saturated carbocycles. The van der Waals surface area contributed by atoms with Crippen molar-refractivity contribution in [2.45, 2.75) is 53.9 Å².